The molecule has 0 unspecified atom stereocenters. The summed E-state index contributed by atoms with van der Waals surface area (Å²) in [6, 6.07) is 6.55. The third kappa shape index (κ3) is 4.08. The number of aliphatic carboxylic acids is 1. The Hall–Kier alpha value is -2.04. The first-order chi connectivity index (χ1) is 8.40. The van der Waals surface area contributed by atoms with Gasteiger partial charge in [0.05, 0.1) is 0 Å². The zero-order chi connectivity index (χ0) is 13.7. The van der Waals surface area contributed by atoms with Gasteiger partial charge in [-0.15, -0.1) is 0 Å². The summed E-state index contributed by atoms with van der Waals surface area (Å²) in [5, 5.41) is 11.1. The molecule has 5 heteroatoms. The summed E-state index contributed by atoms with van der Waals surface area (Å²) in [5.74, 6) is -1.05. The number of nitrogens with zero attached hydrogens (tertiary/aromatic N) is 1. The van der Waals surface area contributed by atoms with Crippen LogP contribution in [0.5, 0.6) is 0 Å². The van der Waals surface area contributed by atoms with Crippen LogP contribution in [0, 0.1) is 6.92 Å². The Morgan fingerprint density at radius 3 is 2.39 bits per heavy atom. The van der Waals surface area contributed by atoms with Gasteiger partial charge in [-0.25, -0.2) is 4.79 Å². The molecule has 0 bridgehead atoms. The predicted octanol–water partition coefficient (Wildman–Crippen LogP) is 1.61. The molecule has 2 amide bonds. The van der Waals surface area contributed by atoms with Crippen LogP contribution in [0.1, 0.15) is 18.1 Å². The van der Waals surface area contributed by atoms with E-state index in [-0.39, 0.29) is 0 Å². The van der Waals surface area contributed by atoms with Crippen molar-refractivity contribution in [1.29, 1.82) is 0 Å². The molecule has 0 radical (unpaired) electrons. The maximum Gasteiger partial charge on any atom is 0.325 e. The standard InChI is InChI=1S/C13H18N2O3/c1-9-4-6-11(7-5-9)8-15(3)13(18)14-10(2)12(16)17/h4-7,10H,8H2,1-3H3,(H,14,18)(H,16,17)/t10-/m1/s1. The van der Waals surface area contributed by atoms with E-state index in [0.717, 1.165) is 11.1 Å². The Morgan fingerprint density at radius 1 is 1.33 bits per heavy atom. The first kappa shape index (κ1) is 14.0. The predicted molar refractivity (Wildman–Crippen MR) is 68.3 cm³/mol. The molecule has 0 aromatic heterocycles. The molecule has 0 aliphatic heterocycles. The summed E-state index contributed by atoms with van der Waals surface area (Å²) >= 11 is 0. The van der Waals surface area contributed by atoms with E-state index in [1.54, 1.807) is 7.05 Å². The molecule has 2 N–H and O–H groups in total. The van der Waals surface area contributed by atoms with Crippen molar-refractivity contribution in [2.24, 2.45) is 0 Å². The van der Waals surface area contributed by atoms with Gasteiger partial charge in [-0.3, -0.25) is 4.79 Å². The van der Waals surface area contributed by atoms with Crippen LogP contribution in [-0.2, 0) is 11.3 Å². The highest BCUT2D eigenvalue weighted by atomic mass is 16.4. The second-order valence-corrected chi connectivity index (χ2v) is 4.35. The SMILES string of the molecule is Cc1ccc(CN(C)C(=O)N[C@H](C)C(=O)O)cc1. The molecule has 18 heavy (non-hydrogen) atoms. The lowest BCUT2D eigenvalue weighted by Gasteiger charge is -2.19. The molecule has 1 aromatic rings. The summed E-state index contributed by atoms with van der Waals surface area (Å²) < 4.78 is 0. The zero-order valence-corrected chi connectivity index (χ0v) is 10.8. The quantitative estimate of drug-likeness (QED) is 0.853. The van der Waals surface area contributed by atoms with E-state index in [0.29, 0.717) is 6.54 Å². The number of carboxylic acid groups (broad SMARTS) is 1. The minimum absolute atomic E-state index is 0.398. The van der Waals surface area contributed by atoms with Gasteiger partial charge in [0.15, 0.2) is 0 Å². The van der Waals surface area contributed by atoms with E-state index in [9.17, 15) is 9.59 Å². The Balaban J connectivity index is 2.54. The summed E-state index contributed by atoms with van der Waals surface area (Å²) in [5.41, 5.74) is 2.16. The Bertz CT molecular complexity index is 428. The smallest absolute Gasteiger partial charge is 0.325 e. The van der Waals surface area contributed by atoms with Gasteiger partial charge in [-0.1, -0.05) is 29.8 Å². The monoisotopic (exact) mass is 250 g/mol. The van der Waals surface area contributed by atoms with E-state index < -0.39 is 18.0 Å². The number of hydrogen-bond acceptors (Lipinski definition) is 2. The van der Waals surface area contributed by atoms with Gasteiger partial charge < -0.3 is 15.3 Å². The molecule has 0 spiro atoms. The Morgan fingerprint density at radius 2 is 1.89 bits per heavy atom. The van der Waals surface area contributed by atoms with Crippen LogP contribution in [0.15, 0.2) is 24.3 Å². The molecular formula is C13H18N2O3. The maximum absolute atomic E-state index is 11.7. The minimum Gasteiger partial charge on any atom is -0.480 e. The molecule has 0 saturated carbocycles. The van der Waals surface area contributed by atoms with Crippen LogP contribution in [0.4, 0.5) is 4.79 Å². The van der Waals surface area contributed by atoms with Crippen molar-refractivity contribution >= 4 is 12.0 Å². The van der Waals surface area contributed by atoms with E-state index in [1.165, 1.54) is 11.8 Å². The van der Waals surface area contributed by atoms with Crippen LogP contribution in [0.3, 0.4) is 0 Å². The summed E-state index contributed by atoms with van der Waals surface area (Å²) in [6.07, 6.45) is 0. The average Bonchev–Trinajstić information content (AvgIpc) is 2.31. The van der Waals surface area contributed by atoms with Crippen molar-refractivity contribution in [2.45, 2.75) is 26.4 Å². The van der Waals surface area contributed by atoms with Crippen LogP contribution in [0.25, 0.3) is 0 Å². The van der Waals surface area contributed by atoms with Gasteiger partial charge in [-0.05, 0) is 19.4 Å². The molecule has 0 heterocycles. The number of amides is 2. The number of hydrogen-bond donors (Lipinski definition) is 2. The van der Waals surface area contributed by atoms with Crippen LogP contribution < -0.4 is 5.32 Å². The van der Waals surface area contributed by atoms with Crippen molar-refractivity contribution in [1.82, 2.24) is 10.2 Å². The first-order valence-corrected chi connectivity index (χ1v) is 5.70. The van der Waals surface area contributed by atoms with Crippen molar-refractivity contribution < 1.29 is 14.7 Å². The molecule has 5 nitrogen and oxygen atoms in total. The van der Waals surface area contributed by atoms with E-state index in [4.69, 9.17) is 5.11 Å². The van der Waals surface area contributed by atoms with Gasteiger partial charge in [0.2, 0.25) is 0 Å². The highest BCUT2D eigenvalue weighted by Crippen LogP contribution is 2.06. The number of aryl methyl sites for hydroxylation is 1. The number of benzene rings is 1. The molecule has 1 atom stereocenters. The summed E-state index contributed by atoms with van der Waals surface area (Å²) in [4.78, 5) is 23.7. The number of carbonyl (C=O) groups excluding carboxylic acids is 1. The number of nitrogens with one attached hydrogen (secondary N) is 1. The second-order valence-electron chi connectivity index (χ2n) is 4.35. The number of carboxylic acids is 1. The lowest BCUT2D eigenvalue weighted by molar-refractivity contribution is -0.138. The van der Waals surface area contributed by atoms with Gasteiger partial charge in [0.1, 0.15) is 6.04 Å². The summed E-state index contributed by atoms with van der Waals surface area (Å²) in [6.45, 7) is 3.87. The number of urea groups is 1. The zero-order valence-electron chi connectivity index (χ0n) is 10.8. The lowest BCUT2D eigenvalue weighted by atomic mass is 10.1. The van der Waals surface area contributed by atoms with Gasteiger partial charge in [0.25, 0.3) is 0 Å². The highest BCUT2D eigenvalue weighted by Gasteiger charge is 2.16. The Kier molecular flexibility index (Phi) is 4.71. The van der Waals surface area contributed by atoms with Gasteiger partial charge >= 0.3 is 12.0 Å². The molecule has 1 rings (SSSR count). The number of carbonyl (C=O) groups is 2. The maximum atomic E-state index is 11.7. The third-order valence-electron chi connectivity index (χ3n) is 2.60. The molecule has 0 aliphatic carbocycles. The Labute approximate surface area is 106 Å². The van der Waals surface area contributed by atoms with E-state index in [1.807, 2.05) is 31.2 Å². The fourth-order valence-electron chi connectivity index (χ4n) is 1.40. The largest absolute Gasteiger partial charge is 0.480 e. The van der Waals surface area contributed by atoms with Gasteiger partial charge in [0, 0.05) is 13.6 Å². The summed E-state index contributed by atoms with van der Waals surface area (Å²) in [7, 11) is 1.63. The number of rotatable bonds is 4. The minimum atomic E-state index is -1.05. The normalized spacial score (nSPS) is 11.7. The van der Waals surface area contributed by atoms with E-state index in [2.05, 4.69) is 5.32 Å². The topological polar surface area (TPSA) is 69.6 Å². The van der Waals surface area contributed by atoms with Crippen molar-refractivity contribution in [2.75, 3.05) is 7.05 Å². The fourth-order valence-corrected chi connectivity index (χ4v) is 1.40. The first-order valence-electron chi connectivity index (χ1n) is 5.70. The van der Waals surface area contributed by atoms with Gasteiger partial charge in [-0.2, -0.15) is 0 Å². The lowest BCUT2D eigenvalue weighted by Crippen LogP contribution is -2.44. The molecular weight excluding hydrogens is 232 g/mol. The third-order valence-corrected chi connectivity index (χ3v) is 2.60. The van der Waals surface area contributed by atoms with Crippen LogP contribution >= 0.6 is 0 Å². The second kappa shape index (κ2) is 6.05. The fraction of sp³-hybridized carbons (Fsp3) is 0.385. The van der Waals surface area contributed by atoms with Crippen molar-refractivity contribution in [3.05, 3.63) is 35.4 Å². The average molecular weight is 250 g/mol. The molecule has 0 saturated heterocycles. The highest BCUT2D eigenvalue weighted by molar-refractivity contribution is 5.82. The van der Waals surface area contributed by atoms with Crippen molar-refractivity contribution in [3.63, 3.8) is 0 Å². The van der Waals surface area contributed by atoms with E-state index >= 15 is 0 Å². The molecule has 0 fully saturated rings. The van der Waals surface area contributed by atoms with Crippen LogP contribution in [0.2, 0.25) is 0 Å². The molecule has 98 valence electrons. The van der Waals surface area contributed by atoms with Crippen molar-refractivity contribution in [3.8, 4) is 0 Å². The van der Waals surface area contributed by atoms with Crippen LogP contribution in [-0.4, -0.2) is 35.1 Å². The molecule has 1 aromatic carbocycles. The molecule has 0 aliphatic rings.